The molecule has 43 heavy (non-hydrogen) atoms. The maximum atomic E-state index is 14.1. The molecule has 5 rings (SSSR count). The van der Waals surface area contributed by atoms with E-state index < -0.39 is 0 Å². The molecule has 0 radical (unpaired) electrons. The summed E-state index contributed by atoms with van der Waals surface area (Å²) < 4.78 is 1.01. The Kier molecular flexibility index (Phi) is 11.6. The molecule has 2 unspecified atom stereocenters. The number of amides is 2. The number of likely N-dealkylation sites (tertiary alicyclic amines) is 1. The lowest BCUT2D eigenvalue weighted by Crippen LogP contribution is -2.50. The van der Waals surface area contributed by atoms with Crippen molar-refractivity contribution in [2.45, 2.75) is 50.1 Å². The first-order chi connectivity index (χ1) is 21.0. The second-order valence-electron chi connectivity index (χ2n) is 11.7. The third kappa shape index (κ3) is 9.36. The molecule has 2 atom stereocenters. The summed E-state index contributed by atoms with van der Waals surface area (Å²) in [6.45, 7) is 4.89. The van der Waals surface area contributed by atoms with Crippen LogP contribution < -0.4 is 10.6 Å². The Morgan fingerprint density at radius 3 is 2.21 bits per heavy atom. The molecule has 2 aliphatic heterocycles. The van der Waals surface area contributed by atoms with Gasteiger partial charge in [-0.2, -0.15) is 0 Å². The van der Waals surface area contributed by atoms with Gasteiger partial charge in [0.05, 0.1) is 6.04 Å². The molecule has 2 N–H and O–H groups in total. The van der Waals surface area contributed by atoms with Crippen LogP contribution in [0.15, 0.2) is 95.5 Å². The van der Waals surface area contributed by atoms with Crippen molar-refractivity contribution in [3.63, 3.8) is 0 Å². The highest BCUT2D eigenvalue weighted by Gasteiger charge is 2.33. The van der Waals surface area contributed by atoms with Crippen LogP contribution in [0.4, 0.5) is 0 Å². The second kappa shape index (κ2) is 16.0. The zero-order valence-corrected chi connectivity index (χ0v) is 26.4. The minimum Gasteiger partial charge on any atom is -0.351 e. The molecule has 2 amide bonds. The van der Waals surface area contributed by atoms with Gasteiger partial charge in [-0.25, -0.2) is 0 Å². The first kappa shape index (κ1) is 31.2. The zero-order chi connectivity index (χ0) is 29.9. The maximum absolute atomic E-state index is 14.1. The molecule has 0 bridgehead atoms. The van der Waals surface area contributed by atoms with Crippen molar-refractivity contribution in [3.05, 3.63) is 112 Å². The SMILES string of the molecule is O=C(C=Cc1ccc(Br)cc1)NCC1CCN(CC(c2ccccc2)c2ccccc2)C(=O)C(CCN2CCCCC2)N1. The number of halogens is 1. The van der Waals surface area contributed by atoms with Crippen molar-refractivity contribution in [2.24, 2.45) is 0 Å². The van der Waals surface area contributed by atoms with Crippen LogP contribution >= 0.6 is 15.9 Å². The van der Waals surface area contributed by atoms with Crippen LogP contribution in [-0.2, 0) is 9.59 Å². The van der Waals surface area contributed by atoms with Crippen molar-refractivity contribution in [2.75, 3.05) is 39.3 Å². The van der Waals surface area contributed by atoms with Crippen LogP contribution in [0, 0.1) is 0 Å². The number of benzene rings is 3. The van der Waals surface area contributed by atoms with Crippen LogP contribution in [0.1, 0.15) is 54.7 Å². The van der Waals surface area contributed by atoms with E-state index in [1.165, 1.54) is 30.4 Å². The van der Waals surface area contributed by atoms with Gasteiger partial charge in [-0.05, 0) is 73.7 Å². The summed E-state index contributed by atoms with van der Waals surface area (Å²) in [5.74, 6) is 0.127. The molecule has 0 aromatic heterocycles. The van der Waals surface area contributed by atoms with E-state index in [-0.39, 0.29) is 29.8 Å². The topological polar surface area (TPSA) is 64.7 Å². The van der Waals surface area contributed by atoms with E-state index in [1.807, 2.05) is 42.5 Å². The molecule has 7 heteroatoms. The van der Waals surface area contributed by atoms with E-state index >= 15 is 0 Å². The standard InChI is InChI=1S/C36H43BrN4O2/c37-31-17-14-28(15-18-31)16-19-35(42)38-26-32-20-25-41(36(43)34(39-32)21-24-40-22-8-3-9-23-40)27-33(29-10-4-1-5-11-29)30-12-6-2-7-13-30/h1-2,4-7,10-19,32-34,39H,3,8-9,20-27H2,(H,38,42). The van der Waals surface area contributed by atoms with Crippen LogP contribution in [0.5, 0.6) is 0 Å². The Morgan fingerprint density at radius 1 is 0.907 bits per heavy atom. The van der Waals surface area contributed by atoms with Gasteiger partial charge in [0.2, 0.25) is 11.8 Å². The van der Waals surface area contributed by atoms with E-state index in [9.17, 15) is 9.59 Å². The van der Waals surface area contributed by atoms with Gasteiger partial charge in [-0.3, -0.25) is 9.59 Å². The molecular weight excluding hydrogens is 600 g/mol. The zero-order valence-electron chi connectivity index (χ0n) is 24.8. The first-order valence-corrected chi connectivity index (χ1v) is 16.4. The maximum Gasteiger partial charge on any atom is 0.244 e. The quantitative estimate of drug-likeness (QED) is 0.258. The number of carbonyl (C=O) groups excluding carboxylic acids is 2. The number of piperidine rings is 1. The number of nitrogens with zero attached hydrogens (tertiary/aromatic N) is 2. The van der Waals surface area contributed by atoms with Crippen LogP contribution in [-0.4, -0.2) is 73.0 Å². The molecule has 2 aliphatic rings. The van der Waals surface area contributed by atoms with E-state index in [4.69, 9.17) is 0 Å². The highest BCUT2D eigenvalue weighted by Crippen LogP contribution is 2.27. The number of rotatable bonds is 11. The normalized spacial score (nSPS) is 20.0. The molecule has 0 spiro atoms. The van der Waals surface area contributed by atoms with Crippen LogP contribution in [0.25, 0.3) is 6.08 Å². The van der Waals surface area contributed by atoms with Gasteiger partial charge in [0.15, 0.2) is 0 Å². The van der Waals surface area contributed by atoms with Gasteiger partial charge in [-0.1, -0.05) is 95.1 Å². The number of nitrogens with one attached hydrogen (secondary N) is 2. The Hall–Kier alpha value is -3.26. The lowest BCUT2D eigenvalue weighted by atomic mass is 9.90. The average molecular weight is 644 g/mol. The molecule has 2 heterocycles. The van der Waals surface area contributed by atoms with E-state index in [2.05, 4.69) is 84.9 Å². The Morgan fingerprint density at radius 2 is 1.56 bits per heavy atom. The van der Waals surface area contributed by atoms with Gasteiger partial charge in [-0.15, -0.1) is 0 Å². The van der Waals surface area contributed by atoms with E-state index in [0.717, 1.165) is 42.5 Å². The Balaban J connectivity index is 1.28. The van der Waals surface area contributed by atoms with E-state index in [0.29, 0.717) is 19.6 Å². The van der Waals surface area contributed by atoms with Crippen molar-refractivity contribution in [1.82, 2.24) is 20.4 Å². The fourth-order valence-electron chi connectivity index (χ4n) is 6.15. The fraction of sp³-hybridized carbons (Fsp3) is 0.389. The number of hydrogen-bond donors (Lipinski definition) is 2. The highest BCUT2D eigenvalue weighted by atomic mass is 79.9. The highest BCUT2D eigenvalue weighted by molar-refractivity contribution is 9.10. The lowest BCUT2D eigenvalue weighted by molar-refractivity contribution is -0.133. The first-order valence-electron chi connectivity index (χ1n) is 15.6. The summed E-state index contributed by atoms with van der Waals surface area (Å²) in [4.78, 5) is 31.4. The Bertz CT molecular complexity index is 1290. The third-order valence-electron chi connectivity index (χ3n) is 8.60. The summed E-state index contributed by atoms with van der Waals surface area (Å²) >= 11 is 3.44. The molecule has 6 nitrogen and oxygen atoms in total. The smallest absolute Gasteiger partial charge is 0.244 e. The summed E-state index contributed by atoms with van der Waals surface area (Å²) in [6, 6.07) is 28.6. The monoisotopic (exact) mass is 642 g/mol. The van der Waals surface area contributed by atoms with Crippen LogP contribution in [0.2, 0.25) is 0 Å². The summed E-state index contributed by atoms with van der Waals surface area (Å²) in [7, 11) is 0. The molecular formula is C36H43BrN4O2. The predicted molar refractivity (Wildman–Crippen MR) is 178 cm³/mol. The minimum absolute atomic E-state index is 0.0113. The number of carbonyl (C=O) groups is 2. The summed E-state index contributed by atoms with van der Waals surface area (Å²) in [5.41, 5.74) is 3.39. The van der Waals surface area contributed by atoms with E-state index in [1.54, 1.807) is 6.08 Å². The molecule has 0 aliphatic carbocycles. The van der Waals surface area contributed by atoms with Crippen molar-refractivity contribution in [3.8, 4) is 0 Å². The summed E-state index contributed by atoms with van der Waals surface area (Å²) in [5, 5.41) is 6.73. The molecule has 3 aromatic rings. The van der Waals surface area contributed by atoms with Crippen molar-refractivity contribution >= 4 is 33.8 Å². The van der Waals surface area contributed by atoms with Crippen molar-refractivity contribution in [1.29, 1.82) is 0 Å². The largest absolute Gasteiger partial charge is 0.351 e. The van der Waals surface area contributed by atoms with Gasteiger partial charge < -0.3 is 20.4 Å². The Labute approximate surface area is 264 Å². The fourth-order valence-corrected chi connectivity index (χ4v) is 6.41. The third-order valence-corrected chi connectivity index (χ3v) is 9.13. The molecule has 2 fully saturated rings. The van der Waals surface area contributed by atoms with Crippen LogP contribution in [0.3, 0.4) is 0 Å². The predicted octanol–water partition coefficient (Wildman–Crippen LogP) is 5.85. The number of hydrogen-bond acceptors (Lipinski definition) is 4. The van der Waals surface area contributed by atoms with Crippen molar-refractivity contribution < 1.29 is 9.59 Å². The molecule has 2 saturated heterocycles. The van der Waals surface area contributed by atoms with Gasteiger partial charge >= 0.3 is 0 Å². The van der Waals surface area contributed by atoms with Gasteiger partial charge in [0, 0.05) is 48.7 Å². The van der Waals surface area contributed by atoms with Gasteiger partial charge in [0.25, 0.3) is 0 Å². The average Bonchev–Trinajstić information content (AvgIpc) is 3.20. The minimum atomic E-state index is -0.281. The summed E-state index contributed by atoms with van der Waals surface area (Å²) in [6.07, 6.45) is 8.71. The molecule has 3 aromatic carbocycles. The van der Waals surface area contributed by atoms with Gasteiger partial charge in [0.1, 0.15) is 0 Å². The molecule has 0 saturated carbocycles. The molecule has 226 valence electrons. The second-order valence-corrected chi connectivity index (χ2v) is 12.6. The lowest BCUT2D eigenvalue weighted by Gasteiger charge is -2.31.